The highest BCUT2D eigenvalue weighted by molar-refractivity contribution is 4.92. The fraction of sp³-hybridized carbons (Fsp3) is 1.00. The third-order valence-corrected chi connectivity index (χ3v) is 4.69. The van der Waals surface area contributed by atoms with Crippen molar-refractivity contribution in [1.82, 2.24) is 4.90 Å². The van der Waals surface area contributed by atoms with Crippen molar-refractivity contribution in [2.75, 3.05) is 13.1 Å². The fourth-order valence-corrected chi connectivity index (χ4v) is 3.71. The van der Waals surface area contributed by atoms with Crippen molar-refractivity contribution < 1.29 is 0 Å². The van der Waals surface area contributed by atoms with Gasteiger partial charge in [-0.3, -0.25) is 4.90 Å². The van der Waals surface area contributed by atoms with Crippen LogP contribution in [0.25, 0.3) is 0 Å². The lowest BCUT2D eigenvalue weighted by molar-refractivity contribution is 0.101. The molecule has 2 rings (SSSR count). The number of rotatable bonds is 6. The van der Waals surface area contributed by atoms with Crippen molar-refractivity contribution in [2.24, 2.45) is 17.6 Å². The number of nitrogens with two attached hydrogens (primary N) is 1. The lowest BCUT2D eigenvalue weighted by Crippen LogP contribution is -2.48. The van der Waals surface area contributed by atoms with Crippen molar-refractivity contribution in [2.45, 2.75) is 70.9 Å². The molecule has 2 fully saturated rings. The maximum absolute atomic E-state index is 6.10. The normalized spacial score (nSPS) is 31.8. The van der Waals surface area contributed by atoms with E-state index in [0.717, 1.165) is 24.4 Å². The zero-order valence-corrected chi connectivity index (χ0v) is 11.7. The van der Waals surface area contributed by atoms with Crippen LogP contribution in [0, 0.1) is 11.8 Å². The van der Waals surface area contributed by atoms with Crippen LogP contribution in [-0.4, -0.2) is 30.1 Å². The van der Waals surface area contributed by atoms with Crippen LogP contribution in [0.5, 0.6) is 0 Å². The van der Waals surface area contributed by atoms with E-state index >= 15 is 0 Å². The Hall–Kier alpha value is -0.0800. The van der Waals surface area contributed by atoms with Gasteiger partial charge in [0.05, 0.1) is 0 Å². The quantitative estimate of drug-likeness (QED) is 0.771. The van der Waals surface area contributed by atoms with Gasteiger partial charge in [-0.25, -0.2) is 0 Å². The first kappa shape index (κ1) is 13.4. The highest BCUT2D eigenvalue weighted by Gasteiger charge is 2.37. The Morgan fingerprint density at radius 2 is 2.00 bits per heavy atom. The first-order valence-electron chi connectivity index (χ1n) is 7.72. The predicted octanol–water partition coefficient (Wildman–Crippen LogP) is 3.01. The van der Waals surface area contributed by atoms with Crippen molar-refractivity contribution in [3.05, 3.63) is 0 Å². The standard InChI is InChI=1S/C15H30N2/c1-3-9-17(14-7-8-14)15(11-16)13-6-4-5-12(2)10-13/h12-15H,3-11,16H2,1-2H3. The molecule has 2 nitrogen and oxygen atoms in total. The minimum atomic E-state index is 0.671. The van der Waals surface area contributed by atoms with Gasteiger partial charge in [0, 0.05) is 18.6 Å². The van der Waals surface area contributed by atoms with Gasteiger partial charge in [-0.05, 0) is 50.5 Å². The molecule has 0 aliphatic heterocycles. The molecule has 0 bridgehead atoms. The van der Waals surface area contributed by atoms with Gasteiger partial charge in [0.25, 0.3) is 0 Å². The molecular weight excluding hydrogens is 208 g/mol. The average molecular weight is 238 g/mol. The summed E-state index contributed by atoms with van der Waals surface area (Å²) in [6, 6.07) is 1.55. The summed E-state index contributed by atoms with van der Waals surface area (Å²) < 4.78 is 0. The molecule has 0 aromatic heterocycles. The van der Waals surface area contributed by atoms with Crippen LogP contribution in [0.1, 0.15) is 58.8 Å². The second-order valence-electron chi connectivity index (χ2n) is 6.30. The van der Waals surface area contributed by atoms with Gasteiger partial charge in [0.2, 0.25) is 0 Å². The van der Waals surface area contributed by atoms with Crippen LogP contribution < -0.4 is 5.73 Å². The third-order valence-electron chi connectivity index (χ3n) is 4.69. The van der Waals surface area contributed by atoms with E-state index in [9.17, 15) is 0 Å². The molecule has 2 aliphatic rings. The SMILES string of the molecule is CCCN(C1CC1)C(CN)C1CCCC(C)C1. The van der Waals surface area contributed by atoms with Gasteiger partial charge in [0.15, 0.2) is 0 Å². The molecule has 2 N–H and O–H groups in total. The zero-order valence-electron chi connectivity index (χ0n) is 11.7. The molecule has 0 spiro atoms. The molecule has 2 aliphatic carbocycles. The van der Waals surface area contributed by atoms with Crippen LogP contribution in [0.2, 0.25) is 0 Å². The summed E-state index contributed by atoms with van der Waals surface area (Å²) in [5.74, 6) is 1.79. The Bertz CT molecular complexity index is 225. The van der Waals surface area contributed by atoms with E-state index in [1.54, 1.807) is 0 Å². The van der Waals surface area contributed by atoms with Gasteiger partial charge in [-0.15, -0.1) is 0 Å². The van der Waals surface area contributed by atoms with Crippen LogP contribution >= 0.6 is 0 Å². The Morgan fingerprint density at radius 3 is 2.53 bits per heavy atom. The Labute approximate surface area is 107 Å². The molecular formula is C15H30N2. The lowest BCUT2D eigenvalue weighted by Gasteiger charge is -2.40. The van der Waals surface area contributed by atoms with Crippen molar-refractivity contribution in [1.29, 1.82) is 0 Å². The predicted molar refractivity (Wildman–Crippen MR) is 74.0 cm³/mol. The van der Waals surface area contributed by atoms with Crippen LogP contribution in [0.15, 0.2) is 0 Å². The fourth-order valence-electron chi connectivity index (χ4n) is 3.71. The third kappa shape index (κ3) is 3.45. The highest BCUT2D eigenvalue weighted by Crippen LogP contribution is 2.36. The Balaban J connectivity index is 1.96. The molecule has 0 aromatic rings. The van der Waals surface area contributed by atoms with E-state index in [4.69, 9.17) is 5.73 Å². The summed E-state index contributed by atoms with van der Waals surface area (Å²) in [5, 5.41) is 0. The highest BCUT2D eigenvalue weighted by atomic mass is 15.2. The first-order valence-corrected chi connectivity index (χ1v) is 7.72. The molecule has 3 unspecified atom stereocenters. The van der Waals surface area contributed by atoms with Crippen molar-refractivity contribution in [3.8, 4) is 0 Å². The second kappa shape index (κ2) is 6.19. The van der Waals surface area contributed by atoms with E-state index in [2.05, 4.69) is 18.7 Å². The monoisotopic (exact) mass is 238 g/mol. The van der Waals surface area contributed by atoms with Crippen LogP contribution in [0.4, 0.5) is 0 Å². The topological polar surface area (TPSA) is 29.3 Å². The van der Waals surface area contributed by atoms with Crippen molar-refractivity contribution >= 4 is 0 Å². The van der Waals surface area contributed by atoms with Crippen LogP contribution in [0.3, 0.4) is 0 Å². The smallest absolute Gasteiger partial charge is 0.0249 e. The largest absolute Gasteiger partial charge is 0.329 e. The summed E-state index contributed by atoms with van der Waals surface area (Å²) in [6.45, 7) is 6.85. The Kier molecular flexibility index (Phi) is 4.87. The molecule has 3 atom stereocenters. The second-order valence-corrected chi connectivity index (χ2v) is 6.30. The van der Waals surface area contributed by atoms with Crippen molar-refractivity contribution in [3.63, 3.8) is 0 Å². The van der Waals surface area contributed by atoms with Gasteiger partial charge in [0.1, 0.15) is 0 Å². The summed E-state index contributed by atoms with van der Waals surface area (Å²) in [7, 11) is 0. The maximum atomic E-state index is 6.10. The molecule has 0 aromatic carbocycles. The summed E-state index contributed by atoms with van der Waals surface area (Å²) in [6.07, 6.45) is 9.79. The van der Waals surface area contributed by atoms with E-state index in [0.29, 0.717) is 6.04 Å². The summed E-state index contributed by atoms with van der Waals surface area (Å²) in [4.78, 5) is 2.75. The summed E-state index contributed by atoms with van der Waals surface area (Å²) in [5.41, 5.74) is 6.10. The molecule has 17 heavy (non-hydrogen) atoms. The minimum Gasteiger partial charge on any atom is -0.329 e. The number of hydrogen-bond donors (Lipinski definition) is 1. The molecule has 2 heteroatoms. The zero-order chi connectivity index (χ0) is 12.3. The van der Waals surface area contributed by atoms with E-state index in [-0.39, 0.29) is 0 Å². The number of hydrogen-bond acceptors (Lipinski definition) is 2. The van der Waals surface area contributed by atoms with Gasteiger partial charge >= 0.3 is 0 Å². The summed E-state index contributed by atoms with van der Waals surface area (Å²) >= 11 is 0. The van der Waals surface area contributed by atoms with E-state index in [1.807, 2.05) is 0 Å². The van der Waals surface area contributed by atoms with Gasteiger partial charge in [-0.2, -0.15) is 0 Å². The molecule has 0 heterocycles. The molecule has 0 radical (unpaired) electrons. The van der Waals surface area contributed by atoms with E-state index < -0.39 is 0 Å². The van der Waals surface area contributed by atoms with Crippen LogP contribution in [-0.2, 0) is 0 Å². The van der Waals surface area contributed by atoms with Gasteiger partial charge < -0.3 is 5.73 Å². The van der Waals surface area contributed by atoms with E-state index in [1.165, 1.54) is 51.5 Å². The Morgan fingerprint density at radius 1 is 1.24 bits per heavy atom. The van der Waals surface area contributed by atoms with Gasteiger partial charge in [-0.1, -0.05) is 26.7 Å². The first-order chi connectivity index (χ1) is 8.26. The maximum Gasteiger partial charge on any atom is 0.0249 e. The lowest BCUT2D eigenvalue weighted by atomic mass is 9.78. The molecule has 0 saturated heterocycles. The molecule has 0 amide bonds. The average Bonchev–Trinajstić information content (AvgIpc) is 3.13. The number of nitrogens with zero attached hydrogens (tertiary/aromatic N) is 1. The minimum absolute atomic E-state index is 0.671. The molecule has 100 valence electrons. The molecule has 2 saturated carbocycles.